The molecule has 1 rings (SSSR count). The minimum Gasteiger partial charge on any atom is -0.497 e. The molecule has 0 fully saturated rings. The van der Waals surface area contributed by atoms with Gasteiger partial charge in [-0.05, 0) is 18.2 Å². The van der Waals surface area contributed by atoms with Crippen LogP contribution in [0.3, 0.4) is 0 Å². The molecule has 0 saturated heterocycles. The van der Waals surface area contributed by atoms with Gasteiger partial charge in [0.15, 0.2) is 5.78 Å². The summed E-state index contributed by atoms with van der Waals surface area (Å²) in [5.41, 5.74) is 6.04. The second-order valence-electron chi connectivity index (χ2n) is 3.91. The Hall–Kier alpha value is -1.60. The van der Waals surface area contributed by atoms with Crippen molar-refractivity contribution in [2.24, 2.45) is 0 Å². The SMILES string of the molecule is COc1ccc(N)c(C(=O)CS(=O)(=O)N(C)C)c1. The number of nitrogen functional groups attached to an aromatic ring is 1. The summed E-state index contributed by atoms with van der Waals surface area (Å²) in [5.74, 6) is -0.716. The molecule has 1 aromatic rings. The minimum atomic E-state index is -3.59. The van der Waals surface area contributed by atoms with Gasteiger partial charge in [0.1, 0.15) is 11.5 Å². The van der Waals surface area contributed by atoms with Crippen molar-refractivity contribution in [1.29, 1.82) is 0 Å². The molecule has 2 N–H and O–H groups in total. The van der Waals surface area contributed by atoms with Crippen LogP contribution in [-0.4, -0.2) is 45.5 Å². The van der Waals surface area contributed by atoms with Gasteiger partial charge in [-0.15, -0.1) is 0 Å². The Bertz CT molecular complexity index is 552. The molecule has 18 heavy (non-hydrogen) atoms. The molecule has 0 aliphatic carbocycles. The van der Waals surface area contributed by atoms with Crippen LogP contribution in [0.4, 0.5) is 5.69 Å². The molecule has 7 heteroatoms. The number of nitrogens with zero attached hydrogens (tertiary/aromatic N) is 1. The number of rotatable bonds is 5. The normalized spacial score (nSPS) is 11.6. The Morgan fingerprint density at radius 1 is 1.39 bits per heavy atom. The quantitative estimate of drug-likeness (QED) is 0.617. The van der Waals surface area contributed by atoms with Crippen molar-refractivity contribution in [1.82, 2.24) is 4.31 Å². The molecule has 6 nitrogen and oxygen atoms in total. The van der Waals surface area contributed by atoms with Crippen molar-refractivity contribution in [2.75, 3.05) is 32.7 Å². The molecule has 0 aliphatic rings. The molecule has 0 heterocycles. The van der Waals surface area contributed by atoms with Gasteiger partial charge in [0, 0.05) is 25.3 Å². The number of hydrogen-bond acceptors (Lipinski definition) is 5. The van der Waals surface area contributed by atoms with Gasteiger partial charge in [-0.2, -0.15) is 0 Å². The summed E-state index contributed by atoms with van der Waals surface area (Å²) in [6, 6.07) is 4.55. The van der Waals surface area contributed by atoms with Gasteiger partial charge in [0.2, 0.25) is 10.0 Å². The molecule has 0 atom stereocenters. The second-order valence-corrected chi connectivity index (χ2v) is 6.10. The fourth-order valence-corrected chi connectivity index (χ4v) is 2.02. The standard InChI is InChI=1S/C11H16N2O4S/c1-13(2)18(15,16)7-11(14)9-6-8(17-3)4-5-10(9)12/h4-6H,7,12H2,1-3H3. The number of nitrogens with two attached hydrogens (primary N) is 1. The average molecular weight is 272 g/mol. The highest BCUT2D eigenvalue weighted by atomic mass is 32.2. The lowest BCUT2D eigenvalue weighted by Gasteiger charge is -2.11. The number of anilines is 1. The first-order valence-electron chi connectivity index (χ1n) is 5.15. The monoisotopic (exact) mass is 272 g/mol. The van der Waals surface area contributed by atoms with E-state index in [1.807, 2.05) is 0 Å². The predicted molar refractivity (Wildman–Crippen MR) is 69.2 cm³/mol. The largest absolute Gasteiger partial charge is 0.497 e. The lowest BCUT2D eigenvalue weighted by Crippen LogP contribution is -2.29. The van der Waals surface area contributed by atoms with Crippen molar-refractivity contribution in [3.05, 3.63) is 23.8 Å². The van der Waals surface area contributed by atoms with Gasteiger partial charge in [0.05, 0.1) is 7.11 Å². The molecule has 100 valence electrons. The van der Waals surface area contributed by atoms with Gasteiger partial charge in [-0.25, -0.2) is 12.7 Å². The number of carbonyl (C=O) groups is 1. The zero-order valence-electron chi connectivity index (χ0n) is 10.5. The van der Waals surface area contributed by atoms with E-state index in [1.54, 1.807) is 6.07 Å². The van der Waals surface area contributed by atoms with Crippen molar-refractivity contribution < 1.29 is 17.9 Å². The highest BCUT2D eigenvalue weighted by Gasteiger charge is 2.21. The smallest absolute Gasteiger partial charge is 0.221 e. The summed E-state index contributed by atoms with van der Waals surface area (Å²) in [4.78, 5) is 11.9. The van der Waals surface area contributed by atoms with Crippen LogP contribution >= 0.6 is 0 Å². The van der Waals surface area contributed by atoms with Crippen LogP contribution in [0.1, 0.15) is 10.4 Å². The molecule has 0 aliphatic heterocycles. The molecular weight excluding hydrogens is 256 g/mol. The van der Waals surface area contributed by atoms with Gasteiger partial charge in [-0.3, -0.25) is 4.79 Å². The summed E-state index contributed by atoms with van der Waals surface area (Å²) in [6.45, 7) is 0. The first-order valence-corrected chi connectivity index (χ1v) is 6.75. The summed E-state index contributed by atoms with van der Waals surface area (Å²) < 4.78 is 29.2. The van der Waals surface area contributed by atoms with Gasteiger partial charge in [0.25, 0.3) is 0 Å². The van der Waals surface area contributed by atoms with E-state index in [0.717, 1.165) is 4.31 Å². The van der Waals surface area contributed by atoms with E-state index in [4.69, 9.17) is 10.5 Å². The van der Waals surface area contributed by atoms with Gasteiger partial charge < -0.3 is 10.5 Å². The molecule has 1 aromatic carbocycles. The highest BCUT2D eigenvalue weighted by molar-refractivity contribution is 7.89. The molecule has 0 aromatic heterocycles. The molecular formula is C11H16N2O4S. The molecule has 0 amide bonds. The number of carbonyl (C=O) groups excluding carboxylic acids is 1. The number of benzene rings is 1. The first-order chi connectivity index (χ1) is 8.27. The number of hydrogen-bond donors (Lipinski definition) is 1. The third kappa shape index (κ3) is 3.21. The van der Waals surface area contributed by atoms with Crippen LogP contribution in [0.5, 0.6) is 5.75 Å². The number of Topliss-reactive ketones (excluding diaryl/α,β-unsaturated/α-hetero) is 1. The number of sulfonamides is 1. The maximum Gasteiger partial charge on any atom is 0.221 e. The molecule has 0 spiro atoms. The van der Waals surface area contributed by atoms with Crippen LogP contribution in [0.15, 0.2) is 18.2 Å². The Balaban J connectivity index is 3.05. The average Bonchev–Trinajstić information content (AvgIpc) is 2.28. The first kappa shape index (κ1) is 14.5. The zero-order valence-corrected chi connectivity index (χ0v) is 11.3. The van der Waals surface area contributed by atoms with E-state index >= 15 is 0 Å². The van der Waals surface area contributed by atoms with Crippen LogP contribution in [-0.2, 0) is 10.0 Å². The lowest BCUT2D eigenvalue weighted by atomic mass is 10.1. The zero-order chi connectivity index (χ0) is 13.9. The van der Waals surface area contributed by atoms with E-state index in [0.29, 0.717) is 5.75 Å². The maximum absolute atomic E-state index is 11.9. The maximum atomic E-state index is 11.9. The number of ketones is 1. The summed E-state index contributed by atoms with van der Waals surface area (Å²) in [6.07, 6.45) is 0. The van der Waals surface area contributed by atoms with E-state index in [1.165, 1.54) is 33.3 Å². The predicted octanol–water partition coefficient (Wildman–Crippen LogP) is 0.351. The Morgan fingerprint density at radius 3 is 2.50 bits per heavy atom. The van der Waals surface area contributed by atoms with Crippen molar-refractivity contribution in [2.45, 2.75) is 0 Å². The Morgan fingerprint density at radius 2 is 2.00 bits per heavy atom. The van der Waals surface area contributed by atoms with Crippen LogP contribution in [0, 0.1) is 0 Å². The van der Waals surface area contributed by atoms with Crippen LogP contribution in [0.2, 0.25) is 0 Å². The summed E-state index contributed by atoms with van der Waals surface area (Å²) in [7, 11) is 0.605. The Labute approximate surface area is 106 Å². The van der Waals surface area contributed by atoms with Crippen molar-refractivity contribution in [3.8, 4) is 5.75 Å². The number of methoxy groups -OCH3 is 1. The van der Waals surface area contributed by atoms with E-state index in [2.05, 4.69) is 0 Å². The van der Waals surface area contributed by atoms with E-state index in [9.17, 15) is 13.2 Å². The van der Waals surface area contributed by atoms with Gasteiger partial charge >= 0.3 is 0 Å². The van der Waals surface area contributed by atoms with E-state index in [-0.39, 0.29) is 11.3 Å². The van der Waals surface area contributed by atoms with Crippen molar-refractivity contribution >= 4 is 21.5 Å². The minimum absolute atomic E-state index is 0.153. The third-order valence-corrected chi connectivity index (χ3v) is 4.17. The summed E-state index contributed by atoms with van der Waals surface area (Å²) >= 11 is 0. The highest BCUT2D eigenvalue weighted by Crippen LogP contribution is 2.20. The number of ether oxygens (including phenoxy) is 1. The molecule has 0 unspecified atom stereocenters. The lowest BCUT2D eigenvalue weighted by molar-refractivity contribution is 0.102. The van der Waals surface area contributed by atoms with Crippen LogP contribution < -0.4 is 10.5 Å². The van der Waals surface area contributed by atoms with E-state index < -0.39 is 21.6 Å². The molecule has 0 radical (unpaired) electrons. The fraction of sp³-hybridized carbons (Fsp3) is 0.364. The molecule has 0 bridgehead atoms. The second kappa shape index (κ2) is 5.36. The van der Waals surface area contributed by atoms with Crippen molar-refractivity contribution in [3.63, 3.8) is 0 Å². The molecule has 0 saturated carbocycles. The third-order valence-electron chi connectivity index (χ3n) is 2.43. The van der Waals surface area contributed by atoms with Gasteiger partial charge in [-0.1, -0.05) is 0 Å². The Kier molecular flexibility index (Phi) is 4.31. The topological polar surface area (TPSA) is 89.7 Å². The fourth-order valence-electron chi connectivity index (χ4n) is 1.28. The van der Waals surface area contributed by atoms with Crippen LogP contribution in [0.25, 0.3) is 0 Å². The summed E-state index contributed by atoms with van der Waals surface area (Å²) in [5, 5.41) is 0.